The number of aliphatic carboxylic acids is 1. The highest BCUT2D eigenvalue weighted by Crippen LogP contribution is 2.34. The van der Waals surface area contributed by atoms with E-state index in [1.54, 1.807) is 13.0 Å². The molecule has 0 radical (unpaired) electrons. The van der Waals surface area contributed by atoms with Crippen LogP contribution in [0, 0.1) is 33.6 Å². The van der Waals surface area contributed by atoms with Crippen molar-refractivity contribution in [3.63, 3.8) is 0 Å². The molecule has 1 aromatic carbocycles. The predicted molar refractivity (Wildman–Crippen MR) is 129 cm³/mol. The molecule has 2 N–H and O–H groups in total. The number of carboxylic acid groups (broad SMARTS) is 1. The molecule has 0 spiro atoms. The predicted octanol–water partition coefficient (Wildman–Crippen LogP) is 5.43. The van der Waals surface area contributed by atoms with Crippen molar-refractivity contribution in [3.8, 4) is 5.75 Å². The van der Waals surface area contributed by atoms with Gasteiger partial charge in [-0.1, -0.05) is 31.5 Å². The number of hydrogen-bond acceptors (Lipinski definition) is 6. The van der Waals surface area contributed by atoms with Crippen LogP contribution in [0.1, 0.15) is 61.6 Å². The van der Waals surface area contributed by atoms with Gasteiger partial charge in [0.1, 0.15) is 11.6 Å². The third-order valence-electron chi connectivity index (χ3n) is 5.61. The number of esters is 1. The van der Waals surface area contributed by atoms with Gasteiger partial charge in [-0.05, 0) is 58.6 Å². The molecule has 0 aliphatic carbocycles. The number of nitrogens with one attached hydrogen (secondary N) is 1. The summed E-state index contributed by atoms with van der Waals surface area (Å²) in [6, 6.07) is 5.95. The fourth-order valence-electron chi connectivity index (χ4n) is 3.92. The molecule has 33 heavy (non-hydrogen) atoms. The highest BCUT2D eigenvalue weighted by molar-refractivity contribution is 5.94. The Kier molecular flexibility index (Phi) is 9.26. The van der Waals surface area contributed by atoms with Crippen LogP contribution >= 0.6 is 0 Å². The second-order valence-electron chi connectivity index (χ2n) is 8.39. The van der Waals surface area contributed by atoms with Crippen LogP contribution in [0.15, 0.2) is 18.2 Å². The first-order chi connectivity index (χ1) is 15.6. The molecule has 0 fully saturated rings. The van der Waals surface area contributed by atoms with E-state index in [0.29, 0.717) is 17.1 Å². The van der Waals surface area contributed by atoms with Gasteiger partial charge in [0.05, 0.1) is 12.7 Å². The summed E-state index contributed by atoms with van der Waals surface area (Å²) in [5.41, 5.74) is 5.42. The molecular formula is C26H36N2O5. The normalized spacial score (nSPS) is 11.9. The molecule has 0 aliphatic heterocycles. The fraction of sp³-hybridized carbons (Fsp3) is 0.500. The van der Waals surface area contributed by atoms with Crippen LogP contribution in [-0.2, 0) is 20.7 Å². The van der Waals surface area contributed by atoms with Crippen LogP contribution in [0.2, 0.25) is 0 Å². The summed E-state index contributed by atoms with van der Waals surface area (Å²) in [4.78, 5) is 29.1. The van der Waals surface area contributed by atoms with E-state index in [1.165, 1.54) is 0 Å². The monoisotopic (exact) mass is 456 g/mol. The number of aryl methyl sites for hydroxylation is 4. The Hall–Kier alpha value is -3.09. The molecule has 0 amide bonds. The first-order valence-electron chi connectivity index (χ1n) is 11.5. The van der Waals surface area contributed by atoms with Crippen molar-refractivity contribution >= 4 is 23.4 Å². The van der Waals surface area contributed by atoms with Crippen LogP contribution in [0.25, 0.3) is 0 Å². The third kappa shape index (κ3) is 6.70. The number of rotatable bonds is 11. The summed E-state index contributed by atoms with van der Waals surface area (Å²) in [5, 5.41) is 13.2. The number of aromatic nitrogens is 1. The van der Waals surface area contributed by atoms with E-state index < -0.39 is 17.9 Å². The van der Waals surface area contributed by atoms with Gasteiger partial charge in [0.15, 0.2) is 5.92 Å². The fourth-order valence-corrected chi connectivity index (χ4v) is 3.92. The number of carboxylic acids is 1. The zero-order valence-corrected chi connectivity index (χ0v) is 20.7. The van der Waals surface area contributed by atoms with Gasteiger partial charge in [0.25, 0.3) is 0 Å². The topological polar surface area (TPSA) is 97.8 Å². The number of carbonyl (C=O) groups is 2. The lowest BCUT2D eigenvalue weighted by molar-refractivity contribution is -0.158. The number of hydrogen-bond donors (Lipinski definition) is 2. The van der Waals surface area contributed by atoms with Crippen LogP contribution in [0.3, 0.4) is 0 Å². The highest BCUT2D eigenvalue weighted by atomic mass is 16.5. The molecule has 7 heteroatoms. The SMILES string of the molecule is CCOC(=O)C(Cc1c(OC(CC)CC)cc(C)nc1Nc1c(C)cc(C)cc1C)C(=O)O. The quantitative estimate of drug-likeness (QED) is 0.343. The van der Waals surface area contributed by atoms with Gasteiger partial charge in [-0.2, -0.15) is 0 Å². The van der Waals surface area contributed by atoms with E-state index in [1.807, 2.05) is 41.5 Å². The van der Waals surface area contributed by atoms with Crippen molar-refractivity contribution in [2.45, 2.75) is 73.8 Å². The minimum Gasteiger partial charge on any atom is -0.490 e. The lowest BCUT2D eigenvalue weighted by Crippen LogP contribution is -2.29. The molecule has 0 bridgehead atoms. The zero-order valence-electron chi connectivity index (χ0n) is 20.7. The maximum atomic E-state index is 12.4. The Bertz CT molecular complexity index is 975. The lowest BCUT2D eigenvalue weighted by atomic mass is 9.98. The van der Waals surface area contributed by atoms with Gasteiger partial charge in [0, 0.05) is 29.4 Å². The Labute approximate surface area is 196 Å². The Morgan fingerprint density at radius 1 is 1.03 bits per heavy atom. The summed E-state index contributed by atoms with van der Waals surface area (Å²) in [6.07, 6.45) is 1.48. The van der Waals surface area contributed by atoms with E-state index in [4.69, 9.17) is 9.47 Å². The van der Waals surface area contributed by atoms with Crippen molar-refractivity contribution in [3.05, 3.63) is 46.1 Å². The van der Waals surface area contributed by atoms with Crippen LogP contribution in [-0.4, -0.2) is 34.7 Å². The molecule has 1 unspecified atom stereocenters. The molecule has 180 valence electrons. The van der Waals surface area contributed by atoms with E-state index in [-0.39, 0.29) is 19.1 Å². The maximum Gasteiger partial charge on any atom is 0.320 e. The number of anilines is 2. The first-order valence-corrected chi connectivity index (χ1v) is 11.5. The van der Waals surface area contributed by atoms with Gasteiger partial charge >= 0.3 is 11.9 Å². The number of carbonyl (C=O) groups excluding carboxylic acids is 1. The summed E-state index contributed by atoms with van der Waals surface area (Å²) >= 11 is 0. The molecule has 2 aromatic rings. The molecule has 1 aromatic heterocycles. The Morgan fingerprint density at radius 2 is 1.64 bits per heavy atom. The molecule has 7 nitrogen and oxygen atoms in total. The van der Waals surface area contributed by atoms with Gasteiger partial charge in [0.2, 0.25) is 0 Å². The number of benzene rings is 1. The zero-order chi connectivity index (χ0) is 24.7. The number of pyridine rings is 1. The molecule has 1 atom stereocenters. The molecular weight excluding hydrogens is 420 g/mol. The Balaban J connectivity index is 2.63. The van der Waals surface area contributed by atoms with Gasteiger partial charge < -0.3 is 19.9 Å². The maximum absolute atomic E-state index is 12.4. The minimum absolute atomic E-state index is 0.0351. The average molecular weight is 457 g/mol. The Morgan fingerprint density at radius 3 is 2.15 bits per heavy atom. The van der Waals surface area contributed by atoms with Crippen LogP contribution < -0.4 is 10.1 Å². The standard InChI is InChI=1S/C26H36N2O5/c1-8-19(9-2)33-22-13-18(7)27-24(28-23-16(5)11-15(4)12-17(23)6)20(22)14-21(25(29)30)26(31)32-10-3/h11-13,19,21H,8-10,14H2,1-7H3,(H,27,28)(H,29,30). The molecule has 2 rings (SSSR count). The second-order valence-corrected chi connectivity index (χ2v) is 8.39. The van der Waals surface area contributed by atoms with E-state index in [2.05, 4.69) is 22.4 Å². The molecule has 0 saturated heterocycles. The van der Waals surface area contributed by atoms with Crippen molar-refractivity contribution in [2.24, 2.45) is 5.92 Å². The number of ether oxygens (including phenoxy) is 2. The molecule has 1 heterocycles. The summed E-state index contributed by atoms with van der Waals surface area (Å²) in [6.45, 7) is 13.8. The summed E-state index contributed by atoms with van der Waals surface area (Å²) in [7, 11) is 0. The van der Waals surface area contributed by atoms with Crippen LogP contribution in [0.4, 0.5) is 11.5 Å². The molecule has 0 aliphatic rings. The van der Waals surface area contributed by atoms with E-state index in [9.17, 15) is 14.7 Å². The second kappa shape index (κ2) is 11.7. The first kappa shape index (κ1) is 26.2. The lowest BCUT2D eigenvalue weighted by Gasteiger charge is -2.23. The summed E-state index contributed by atoms with van der Waals surface area (Å²) in [5.74, 6) is -2.35. The van der Waals surface area contributed by atoms with Crippen LogP contribution in [0.5, 0.6) is 5.75 Å². The smallest absolute Gasteiger partial charge is 0.320 e. The van der Waals surface area contributed by atoms with Crippen molar-refractivity contribution < 1.29 is 24.2 Å². The number of nitrogens with zero attached hydrogens (tertiary/aromatic N) is 1. The van der Waals surface area contributed by atoms with Crippen molar-refractivity contribution in [2.75, 3.05) is 11.9 Å². The van der Waals surface area contributed by atoms with Gasteiger partial charge in [-0.25, -0.2) is 4.98 Å². The van der Waals surface area contributed by atoms with Crippen molar-refractivity contribution in [1.29, 1.82) is 0 Å². The largest absolute Gasteiger partial charge is 0.490 e. The highest BCUT2D eigenvalue weighted by Gasteiger charge is 2.31. The van der Waals surface area contributed by atoms with Gasteiger partial charge in [-0.15, -0.1) is 0 Å². The third-order valence-corrected chi connectivity index (χ3v) is 5.61. The minimum atomic E-state index is -1.36. The van der Waals surface area contributed by atoms with Crippen molar-refractivity contribution in [1.82, 2.24) is 4.98 Å². The summed E-state index contributed by atoms with van der Waals surface area (Å²) < 4.78 is 11.3. The average Bonchev–Trinajstić information content (AvgIpc) is 2.73. The van der Waals surface area contributed by atoms with E-state index >= 15 is 0 Å². The van der Waals surface area contributed by atoms with Gasteiger partial charge in [-0.3, -0.25) is 9.59 Å². The van der Waals surface area contributed by atoms with E-state index in [0.717, 1.165) is 40.9 Å². The molecule has 0 saturated carbocycles.